The number of thioether (sulfide) groups is 1. The van der Waals surface area contributed by atoms with Crippen LogP contribution in [-0.2, 0) is 4.79 Å². The van der Waals surface area contributed by atoms with Crippen LogP contribution in [-0.4, -0.2) is 26.4 Å². The maximum atomic E-state index is 12.8. The molecule has 0 saturated heterocycles. The van der Waals surface area contributed by atoms with Gasteiger partial charge in [0.25, 0.3) is 0 Å². The van der Waals surface area contributed by atoms with Crippen LogP contribution in [0.1, 0.15) is 0 Å². The van der Waals surface area contributed by atoms with Crippen molar-refractivity contribution in [3.63, 3.8) is 0 Å². The quantitative estimate of drug-likeness (QED) is 0.731. The summed E-state index contributed by atoms with van der Waals surface area (Å²) in [6, 6.07) is 13.4. The highest BCUT2D eigenvalue weighted by atomic mass is 32.2. The fraction of sp³-hybridized carbons (Fsp3) is 0.0625. The summed E-state index contributed by atoms with van der Waals surface area (Å²) >= 11 is 1.36. The number of benzene rings is 2. The van der Waals surface area contributed by atoms with Crippen LogP contribution >= 0.6 is 11.8 Å². The van der Waals surface area contributed by atoms with Gasteiger partial charge < -0.3 is 5.32 Å². The SMILES string of the molecule is O=C(CSc1ccc(F)cc1)Nc1ccc(-n2cncn2)cc1. The Kier molecular flexibility index (Phi) is 4.68. The highest BCUT2D eigenvalue weighted by Gasteiger charge is 2.05. The zero-order chi connectivity index (χ0) is 16.1. The molecule has 0 spiro atoms. The van der Waals surface area contributed by atoms with Crippen molar-refractivity contribution in [1.82, 2.24) is 14.8 Å². The molecule has 0 fully saturated rings. The van der Waals surface area contributed by atoms with Gasteiger partial charge in [0, 0.05) is 10.6 Å². The number of halogens is 1. The first kappa shape index (κ1) is 15.2. The van der Waals surface area contributed by atoms with E-state index in [4.69, 9.17) is 0 Å². The number of rotatable bonds is 5. The van der Waals surface area contributed by atoms with Crippen molar-refractivity contribution >= 4 is 23.4 Å². The molecule has 0 aliphatic rings. The molecule has 3 rings (SSSR count). The number of aromatic nitrogens is 3. The molecule has 3 aromatic rings. The maximum absolute atomic E-state index is 12.8. The highest BCUT2D eigenvalue weighted by molar-refractivity contribution is 8.00. The summed E-state index contributed by atoms with van der Waals surface area (Å²) in [5.74, 6) is -0.143. The van der Waals surface area contributed by atoms with Crippen molar-refractivity contribution in [3.05, 3.63) is 67.0 Å². The van der Waals surface area contributed by atoms with Crippen LogP contribution in [0.4, 0.5) is 10.1 Å². The van der Waals surface area contributed by atoms with Crippen LogP contribution in [0.2, 0.25) is 0 Å². The summed E-state index contributed by atoms with van der Waals surface area (Å²) in [4.78, 5) is 16.7. The third-order valence-electron chi connectivity index (χ3n) is 3.02. The van der Waals surface area contributed by atoms with Crippen LogP contribution in [0.3, 0.4) is 0 Å². The second kappa shape index (κ2) is 7.06. The Bertz CT molecular complexity index is 773. The van der Waals surface area contributed by atoms with E-state index in [1.807, 2.05) is 12.1 Å². The van der Waals surface area contributed by atoms with Gasteiger partial charge in [-0.2, -0.15) is 5.10 Å². The molecule has 1 amide bonds. The first-order valence-electron chi connectivity index (χ1n) is 6.84. The predicted molar refractivity (Wildman–Crippen MR) is 87.1 cm³/mol. The normalized spacial score (nSPS) is 10.5. The number of carbonyl (C=O) groups excluding carboxylic acids is 1. The van der Waals surface area contributed by atoms with Crippen molar-refractivity contribution < 1.29 is 9.18 Å². The molecule has 1 aromatic heterocycles. The first-order chi connectivity index (χ1) is 11.2. The van der Waals surface area contributed by atoms with E-state index in [-0.39, 0.29) is 17.5 Å². The Morgan fingerprint density at radius 1 is 1.13 bits per heavy atom. The lowest BCUT2D eigenvalue weighted by Gasteiger charge is -2.06. The number of hydrogen-bond acceptors (Lipinski definition) is 4. The molecule has 0 unspecified atom stereocenters. The Morgan fingerprint density at radius 2 is 1.87 bits per heavy atom. The largest absolute Gasteiger partial charge is 0.325 e. The molecule has 2 aromatic carbocycles. The van der Waals surface area contributed by atoms with Crippen molar-refractivity contribution in [1.29, 1.82) is 0 Å². The van der Waals surface area contributed by atoms with Gasteiger partial charge in [0.05, 0.1) is 11.4 Å². The summed E-state index contributed by atoms with van der Waals surface area (Å²) in [6.07, 6.45) is 3.06. The van der Waals surface area contributed by atoms with Crippen LogP contribution < -0.4 is 5.32 Å². The molecule has 0 atom stereocenters. The lowest BCUT2D eigenvalue weighted by molar-refractivity contribution is -0.113. The molecule has 1 N–H and O–H groups in total. The summed E-state index contributed by atoms with van der Waals surface area (Å²) in [5, 5.41) is 6.85. The number of anilines is 1. The van der Waals surface area contributed by atoms with E-state index in [1.165, 1.54) is 30.2 Å². The maximum Gasteiger partial charge on any atom is 0.234 e. The lowest BCUT2D eigenvalue weighted by Crippen LogP contribution is -2.13. The van der Waals surface area contributed by atoms with Crippen molar-refractivity contribution in [2.24, 2.45) is 0 Å². The molecule has 0 saturated carbocycles. The molecule has 0 radical (unpaired) electrons. The van der Waals surface area contributed by atoms with E-state index in [2.05, 4.69) is 15.4 Å². The van der Waals surface area contributed by atoms with Crippen molar-refractivity contribution in [2.45, 2.75) is 4.90 Å². The minimum atomic E-state index is -0.286. The molecular formula is C16H13FN4OS. The van der Waals surface area contributed by atoms with E-state index in [9.17, 15) is 9.18 Å². The van der Waals surface area contributed by atoms with Gasteiger partial charge in [-0.15, -0.1) is 11.8 Å². The van der Waals surface area contributed by atoms with E-state index in [0.717, 1.165) is 10.6 Å². The zero-order valence-corrected chi connectivity index (χ0v) is 12.8. The monoisotopic (exact) mass is 328 g/mol. The fourth-order valence-electron chi connectivity index (χ4n) is 1.92. The average molecular weight is 328 g/mol. The van der Waals surface area contributed by atoms with Crippen LogP contribution in [0, 0.1) is 5.82 Å². The average Bonchev–Trinajstić information content (AvgIpc) is 3.09. The number of nitrogens with one attached hydrogen (secondary N) is 1. The Hall–Kier alpha value is -2.67. The van der Waals surface area contributed by atoms with Crippen LogP contribution in [0.5, 0.6) is 0 Å². The Morgan fingerprint density at radius 3 is 2.52 bits per heavy atom. The van der Waals surface area contributed by atoms with Gasteiger partial charge in [-0.1, -0.05) is 0 Å². The fourth-order valence-corrected chi connectivity index (χ4v) is 2.61. The summed E-state index contributed by atoms with van der Waals surface area (Å²) in [7, 11) is 0. The number of hydrogen-bond donors (Lipinski definition) is 1. The molecular weight excluding hydrogens is 315 g/mol. The smallest absolute Gasteiger partial charge is 0.234 e. The van der Waals surface area contributed by atoms with Crippen molar-refractivity contribution in [2.75, 3.05) is 11.1 Å². The molecule has 7 heteroatoms. The predicted octanol–water partition coefficient (Wildman–Crippen LogP) is 3.14. The minimum Gasteiger partial charge on any atom is -0.325 e. The zero-order valence-electron chi connectivity index (χ0n) is 12.0. The molecule has 5 nitrogen and oxygen atoms in total. The van der Waals surface area contributed by atoms with Gasteiger partial charge in [-0.05, 0) is 48.5 Å². The molecule has 1 heterocycles. The summed E-state index contributed by atoms with van der Waals surface area (Å²) in [5.41, 5.74) is 1.57. The van der Waals surface area contributed by atoms with Crippen LogP contribution in [0.15, 0.2) is 66.1 Å². The first-order valence-corrected chi connectivity index (χ1v) is 7.82. The number of nitrogens with zero attached hydrogens (tertiary/aromatic N) is 3. The van der Waals surface area contributed by atoms with Gasteiger partial charge in [0.1, 0.15) is 18.5 Å². The second-order valence-electron chi connectivity index (χ2n) is 4.68. The lowest BCUT2D eigenvalue weighted by atomic mass is 10.3. The van der Waals surface area contributed by atoms with Gasteiger partial charge in [0.15, 0.2) is 0 Å². The number of amides is 1. The minimum absolute atomic E-state index is 0.118. The standard InChI is InChI=1S/C16H13FN4OS/c17-12-1-7-15(8-2-12)23-9-16(22)20-13-3-5-14(6-4-13)21-11-18-10-19-21/h1-8,10-11H,9H2,(H,20,22). The summed E-state index contributed by atoms with van der Waals surface area (Å²) < 4.78 is 14.4. The van der Waals surface area contributed by atoms with E-state index in [0.29, 0.717) is 5.69 Å². The molecule has 0 aliphatic carbocycles. The molecule has 0 aliphatic heterocycles. The third-order valence-corrected chi connectivity index (χ3v) is 4.03. The second-order valence-corrected chi connectivity index (χ2v) is 5.73. The third kappa shape index (κ3) is 4.17. The van der Waals surface area contributed by atoms with Gasteiger partial charge in [0.2, 0.25) is 5.91 Å². The molecule has 0 bridgehead atoms. The highest BCUT2D eigenvalue weighted by Crippen LogP contribution is 2.19. The van der Waals surface area contributed by atoms with Crippen molar-refractivity contribution in [3.8, 4) is 5.69 Å². The Balaban J connectivity index is 1.54. The van der Waals surface area contributed by atoms with Crippen LogP contribution in [0.25, 0.3) is 5.69 Å². The van der Waals surface area contributed by atoms with E-state index >= 15 is 0 Å². The summed E-state index contributed by atoms with van der Waals surface area (Å²) in [6.45, 7) is 0. The topological polar surface area (TPSA) is 59.8 Å². The molecule has 116 valence electrons. The Labute approximate surface area is 136 Å². The van der Waals surface area contributed by atoms with Gasteiger partial charge >= 0.3 is 0 Å². The molecule has 23 heavy (non-hydrogen) atoms. The van der Waals surface area contributed by atoms with E-state index in [1.54, 1.807) is 35.3 Å². The van der Waals surface area contributed by atoms with Gasteiger partial charge in [-0.25, -0.2) is 14.1 Å². The number of carbonyl (C=O) groups is 1. The van der Waals surface area contributed by atoms with Gasteiger partial charge in [-0.3, -0.25) is 4.79 Å². The van der Waals surface area contributed by atoms with E-state index < -0.39 is 0 Å².